The molecule has 0 heterocycles. The Hall–Kier alpha value is -2.04. The summed E-state index contributed by atoms with van der Waals surface area (Å²) in [7, 11) is 1.32. The number of aliphatic hydroxyl groups excluding tert-OH is 1. The summed E-state index contributed by atoms with van der Waals surface area (Å²) in [5.74, 6) is -0.508. The van der Waals surface area contributed by atoms with Gasteiger partial charge < -0.3 is 15.2 Å². The Morgan fingerprint density at radius 3 is 2.72 bits per heavy atom. The van der Waals surface area contributed by atoms with Gasteiger partial charge in [-0.05, 0) is 37.8 Å². The number of rotatable bonds is 10. The molecule has 0 aromatic carbocycles. The first-order valence-corrected chi connectivity index (χ1v) is 9.03. The minimum atomic E-state index is -0.717. The van der Waals surface area contributed by atoms with Crippen LogP contribution in [-0.4, -0.2) is 30.1 Å². The minimum Gasteiger partial charge on any atom is -0.508 e. The van der Waals surface area contributed by atoms with Crippen molar-refractivity contribution in [3.05, 3.63) is 36.1 Å². The molecule has 0 aromatic heterocycles. The summed E-state index contributed by atoms with van der Waals surface area (Å²) in [5.41, 5.74) is -0.418. The molecule has 1 aliphatic rings. The molecule has 0 aliphatic heterocycles. The second kappa shape index (κ2) is 10.7. The average molecular weight is 349 g/mol. The summed E-state index contributed by atoms with van der Waals surface area (Å²) in [6.45, 7) is 3.57. The first-order valence-electron chi connectivity index (χ1n) is 9.03. The first-order chi connectivity index (χ1) is 11.9. The lowest BCUT2D eigenvalue weighted by atomic mass is 9.75. The maximum atomic E-state index is 12.0. The van der Waals surface area contributed by atoms with Crippen LogP contribution in [0.5, 0.6) is 0 Å². The first kappa shape index (κ1) is 21.0. The highest BCUT2D eigenvalue weighted by Crippen LogP contribution is 2.36. The van der Waals surface area contributed by atoms with E-state index >= 15 is 0 Å². The van der Waals surface area contributed by atoms with Crippen LogP contribution in [0.25, 0.3) is 0 Å². The van der Waals surface area contributed by atoms with Gasteiger partial charge in [0, 0.05) is 12.3 Å². The summed E-state index contributed by atoms with van der Waals surface area (Å²) in [6, 6.07) is -0.717. The molecule has 1 rings (SSSR count). The van der Waals surface area contributed by atoms with Crippen LogP contribution in [0.3, 0.4) is 0 Å². The van der Waals surface area contributed by atoms with Gasteiger partial charge in [-0.15, -0.1) is 0 Å². The van der Waals surface area contributed by atoms with Gasteiger partial charge in [0.1, 0.15) is 11.8 Å². The van der Waals surface area contributed by atoms with Gasteiger partial charge >= 0.3 is 5.97 Å². The molecule has 0 saturated heterocycles. The molecule has 0 saturated carbocycles. The monoisotopic (exact) mass is 349 g/mol. The number of hydrogen-bond donors (Lipinski definition) is 2. The van der Waals surface area contributed by atoms with E-state index in [9.17, 15) is 14.7 Å². The van der Waals surface area contributed by atoms with Gasteiger partial charge in [0.2, 0.25) is 5.91 Å². The van der Waals surface area contributed by atoms with Crippen molar-refractivity contribution < 1.29 is 19.4 Å². The molecular weight excluding hydrogens is 318 g/mol. The van der Waals surface area contributed by atoms with Crippen LogP contribution in [0.4, 0.5) is 0 Å². The van der Waals surface area contributed by atoms with E-state index in [1.54, 1.807) is 12.2 Å². The third-order valence-electron chi connectivity index (χ3n) is 4.40. The number of ether oxygens (including phenoxy) is 1. The standard InChI is InChI=1S/C20H31NO4/c1-4-5-6-7-8-9-12-20(13-10-17(23)11-14-20)15-18(19(24)25-3)21-16(2)22/h9-13,18,23H,4-8,14-15H2,1-3H3,(H,21,22)/t18-,20?/m0/s1. The third-order valence-corrected chi connectivity index (χ3v) is 4.40. The van der Waals surface area contributed by atoms with E-state index in [4.69, 9.17) is 4.74 Å². The summed E-state index contributed by atoms with van der Waals surface area (Å²) in [6.07, 6.45) is 16.3. The van der Waals surface area contributed by atoms with Gasteiger partial charge in [-0.25, -0.2) is 4.79 Å². The number of amides is 1. The number of carbonyl (C=O) groups is 2. The Morgan fingerprint density at radius 2 is 2.16 bits per heavy atom. The molecule has 0 spiro atoms. The Labute approximate surface area is 150 Å². The number of unbranched alkanes of at least 4 members (excludes halogenated alkanes) is 4. The van der Waals surface area contributed by atoms with Crippen LogP contribution in [0.1, 0.15) is 58.8 Å². The molecule has 0 fully saturated rings. The van der Waals surface area contributed by atoms with Gasteiger partial charge in [0.05, 0.1) is 7.11 Å². The normalized spacial score (nSPS) is 21.0. The van der Waals surface area contributed by atoms with Gasteiger partial charge in [0.15, 0.2) is 0 Å². The van der Waals surface area contributed by atoms with Gasteiger partial charge in [0.25, 0.3) is 0 Å². The molecule has 2 N–H and O–H groups in total. The lowest BCUT2D eigenvalue weighted by molar-refractivity contribution is -0.145. The quantitative estimate of drug-likeness (QED) is 0.355. The Bertz CT molecular complexity index is 536. The third kappa shape index (κ3) is 7.59. The minimum absolute atomic E-state index is 0.223. The number of esters is 1. The highest BCUT2D eigenvalue weighted by molar-refractivity contribution is 5.83. The van der Waals surface area contributed by atoms with E-state index in [2.05, 4.69) is 24.4 Å². The average Bonchev–Trinajstić information content (AvgIpc) is 2.59. The number of carbonyl (C=O) groups excluding carboxylic acids is 2. The van der Waals surface area contributed by atoms with Crippen LogP contribution in [0.2, 0.25) is 0 Å². The second-order valence-electron chi connectivity index (χ2n) is 6.63. The number of methoxy groups -OCH3 is 1. The predicted octanol–water partition coefficient (Wildman–Crippen LogP) is 3.97. The molecule has 25 heavy (non-hydrogen) atoms. The van der Waals surface area contributed by atoms with Crippen LogP contribution in [0.15, 0.2) is 36.1 Å². The van der Waals surface area contributed by atoms with Crippen LogP contribution in [-0.2, 0) is 14.3 Å². The summed E-state index contributed by atoms with van der Waals surface area (Å²) < 4.78 is 4.82. The molecule has 5 nitrogen and oxygen atoms in total. The molecule has 140 valence electrons. The zero-order valence-electron chi connectivity index (χ0n) is 15.6. The van der Waals surface area contributed by atoms with Gasteiger partial charge in [-0.1, -0.05) is 44.4 Å². The summed E-state index contributed by atoms with van der Waals surface area (Å²) in [5, 5.41) is 12.3. The zero-order valence-corrected chi connectivity index (χ0v) is 15.6. The number of allylic oxidation sites excluding steroid dienone is 5. The number of aliphatic hydroxyl groups is 1. The predicted molar refractivity (Wildman–Crippen MR) is 99.0 cm³/mol. The Morgan fingerprint density at radius 1 is 1.40 bits per heavy atom. The lowest BCUT2D eigenvalue weighted by Gasteiger charge is -2.32. The zero-order chi connectivity index (χ0) is 18.7. The molecule has 0 radical (unpaired) electrons. The Balaban J connectivity index is 2.84. The topological polar surface area (TPSA) is 75.6 Å². The van der Waals surface area contributed by atoms with Crippen LogP contribution < -0.4 is 5.32 Å². The molecular formula is C20H31NO4. The van der Waals surface area contributed by atoms with Crippen molar-refractivity contribution in [3.63, 3.8) is 0 Å². The van der Waals surface area contributed by atoms with Crippen LogP contribution >= 0.6 is 0 Å². The SMILES string of the molecule is CCCCCCC=CC1(C[C@H](NC(C)=O)C(=O)OC)C=CC(O)=CC1. The van der Waals surface area contributed by atoms with Gasteiger partial charge in [-0.2, -0.15) is 0 Å². The second-order valence-corrected chi connectivity index (χ2v) is 6.63. The number of nitrogens with one attached hydrogen (secondary N) is 1. The smallest absolute Gasteiger partial charge is 0.328 e. The van der Waals surface area contributed by atoms with E-state index in [1.807, 2.05) is 6.08 Å². The summed E-state index contributed by atoms with van der Waals surface area (Å²) in [4.78, 5) is 23.5. The van der Waals surface area contributed by atoms with Crippen molar-refractivity contribution in [2.24, 2.45) is 5.41 Å². The molecule has 0 aromatic rings. The maximum absolute atomic E-state index is 12.0. The van der Waals surface area contributed by atoms with Crippen molar-refractivity contribution >= 4 is 11.9 Å². The largest absolute Gasteiger partial charge is 0.508 e. The lowest BCUT2D eigenvalue weighted by Crippen LogP contribution is -2.43. The van der Waals surface area contributed by atoms with Crippen molar-refractivity contribution in [1.29, 1.82) is 0 Å². The fourth-order valence-electron chi connectivity index (χ4n) is 2.99. The summed E-state index contributed by atoms with van der Waals surface area (Å²) >= 11 is 0. The highest BCUT2D eigenvalue weighted by atomic mass is 16.5. The molecule has 5 heteroatoms. The van der Waals surface area contributed by atoms with E-state index in [1.165, 1.54) is 33.3 Å². The molecule has 1 amide bonds. The maximum Gasteiger partial charge on any atom is 0.328 e. The molecule has 2 atom stereocenters. The molecule has 1 aliphatic carbocycles. The Kier molecular flexibility index (Phi) is 9.03. The highest BCUT2D eigenvalue weighted by Gasteiger charge is 2.33. The van der Waals surface area contributed by atoms with E-state index < -0.39 is 17.4 Å². The van der Waals surface area contributed by atoms with Crippen molar-refractivity contribution in [3.8, 4) is 0 Å². The van der Waals surface area contributed by atoms with Crippen molar-refractivity contribution in [2.75, 3.05) is 7.11 Å². The van der Waals surface area contributed by atoms with Crippen molar-refractivity contribution in [2.45, 2.75) is 64.8 Å². The van der Waals surface area contributed by atoms with E-state index in [-0.39, 0.29) is 11.7 Å². The molecule has 1 unspecified atom stereocenters. The fourth-order valence-corrected chi connectivity index (χ4v) is 2.99. The van der Waals surface area contributed by atoms with Crippen molar-refractivity contribution in [1.82, 2.24) is 5.32 Å². The van der Waals surface area contributed by atoms with E-state index in [0.717, 1.165) is 12.8 Å². The fraction of sp³-hybridized carbons (Fsp3) is 0.600. The molecule has 0 bridgehead atoms. The van der Waals surface area contributed by atoms with Gasteiger partial charge in [-0.3, -0.25) is 4.79 Å². The number of hydrogen-bond acceptors (Lipinski definition) is 4. The van der Waals surface area contributed by atoms with Crippen LogP contribution in [0, 0.1) is 5.41 Å². The van der Waals surface area contributed by atoms with E-state index in [0.29, 0.717) is 12.8 Å².